The summed E-state index contributed by atoms with van der Waals surface area (Å²) in [6.07, 6.45) is 4.05. The lowest BCUT2D eigenvalue weighted by Crippen LogP contribution is -2.44. The van der Waals surface area contributed by atoms with E-state index < -0.39 is 12.0 Å². The average molecular weight is 281 g/mol. The molecule has 0 saturated carbocycles. The molecule has 20 heavy (non-hydrogen) atoms. The molecule has 1 aromatic heterocycles. The molecule has 1 heterocycles. The van der Waals surface area contributed by atoms with Crippen LogP contribution in [-0.4, -0.2) is 60.3 Å². The molecule has 1 rings (SSSR count). The number of amides is 2. The summed E-state index contributed by atoms with van der Waals surface area (Å²) in [6, 6.07) is 3.33. The average Bonchev–Trinajstić information content (AvgIpc) is 2.44. The Bertz CT molecular complexity index is 425. The van der Waals surface area contributed by atoms with Gasteiger partial charge in [-0.1, -0.05) is 6.07 Å². The maximum atomic E-state index is 11.9. The van der Waals surface area contributed by atoms with Crippen LogP contribution in [0.4, 0.5) is 4.79 Å². The minimum absolute atomic E-state index is 0.238. The predicted molar refractivity (Wildman–Crippen MR) is 72.4 cm³/mol. The van der Waals surface area contributed by atoms with Gasteiger partial charge in [0.1, 0.15) is 6.54 Å². The number of ether oxygens (including phenoxy) is 1. The van der Waals surface area contributed by atoms with Gasteiger partial charge in [0, 0.05) is 32.6 Å². The number of carbonyl (C=O) groups is 2. The van der Waals surface area contributed by atoms with Crippen molar-refractivity contribution in [2.75, 3.05) is 33.4 Å². The van der Waals surface area contributed by atoms with Crippen LogP contribution in [0.5, 0.6) is 0 Å². The second kappa shape index (κ2) is 8.87. The summed E-state index contributed by atoms with van der Waals surface area (Å²) in [6.45, 7) is 0.612. The van der Waals surface area contributed by atoms with Gasteiger partial charge in [0.15, 0.2) is 0 Å². The first-order valence-electron chi connectivity index (χ1n) is 6.26. The molecule has 0 radical (unpaired) electrons. The summed E-state index contributed by atoms with van der Waals surface area (Å²) in [7, 11) is 1.50. The number of aromatic nitrogens is 1. The fourth-order valence-electron chi connectivity index (χ4n) is 1.59. The number of carboxylic acids is 1. The second-order valence-corrected chi connectivity index (χ2v) is 4.15. The van der Waals surface area contributed by atoms with Crippen LogP contribution in [0.1, 0.15) is 5.56 Å². The number of hydrogen-bond acceptors (Lipinski definition) is 4. The molecule has 0 bridgehead atoms. The fourth-order valence-corrected chi connectivity index (χ4v) is 1.59. The minimum atomic E-state index is -1.05. The van der Waals surface area contributed by atoms with Gasteiger partial charge in [-0.15, -0.1) is 0 Å². The van der Waals surface area contributed by atoms with Crippen molar-refractivity contribution in [3.8, 4) is 0 Å². The molecule has 0 spiro atoms. The van der Waals surface area contributed by atoms with E-state index in [1.807, 2.05) is 12.1 Å². The SMILES string of the molecule is COCCN(CC(=O)O)C(=O)NCCc1cccnc1. The summed E-state index contributed by atoms with van der Waals surface area (Å²) in [5.74, 6) is -1.05. The monoisotopic (exact) mass is 281 g/mol. The molecular weight excluding hydrogens is 262 g/mol. The first-order chi connectivity index (χ1) is 9.63. The molecule has 2 amide bonds. The highest BCUT2D eigenvalue weighted by Crippen LogP contribution is 1.96. The number of methoxy groups -OCH3 is 1. The molecule has 0 unspecified atom stereocenters. The van der Waals surface area contributed by atoms with Crippen LogP contribution in [0.25, 0.3) is 0 Å². The molecule has 0 saturated heterocycles. The van der Waals surface area contributed by atoms with Crippen molar-refractivity contribution < 1.29 is 19.4 Å². The molecule has 1 aromatic rings. The Morgan fingerprint density at radius 1 is 1.50 bits per heavy atom. The Hall–Kier alpha value is -2.15. The topological polar surface area (TPSA) is 91.8 Å². The van der Waals surface area contributed by atoms with E-state index in [0.717, 1.165) is 5.56 Å². The fraction of sp³-hybridized carbons (Fsp3) is 0.462. The van der Waals surface area contributed by atoms with Crippen LogP contribution < -0.4 is 5.32 Å². The van der Waals surface area contributed by atoms with Crippen molar-refractivity contribution in [1.82, 2.24) is 15.2 Å². The highest BCUT2D eigenvalue weighted by atomic mass is 16.5. The van der Waals surface area contributed by atoms with Crippen LogP contribution in [0, 0.1) is 0 Å². The van der Waals surface area contributed by atoms with E-state index in [1.165, 1.54) is 12.0 Å². The molecule has 7 heteroatoms. The lowest BCUT2D eigenvalue weighted by atomic mass is 10.2. The molecule has 0 aliphatic heterocycles. The van der Waals surface area contributed by atoms with Gasteiger partial charge in [-0.2, -0.15) is 0 Å². The lowest BCUT2D eigenvalue weighted by Gasteiger charge is -2.20. The number of hydrogen-bond donors (Lipinski definition) is 2. The van der Waals surface area contributed by atoms with Crippen molar-refractivity contribution in [2.45, 2.75) is 6.42 Å². The number of carbonyl (C=O) groups excluding carboxylic acids is 1. The highest BCUT2D eigenvalue weighted by Gasteiger charge is 2.15. The van der Waals surface area contributed by atoms with Gasteiger partial charge >= 0.3 is 12.0 Å². The normalized spacial score (nSPS) is 10.1. The van der Waals surface area contributed by atoms with Crippen LogP contribution in [0.2, 0.25) is 0 Å². The van der Waals surface area contributed by atoms with Gasteiger partial charge in [0.25, 0.3) is 0 Å². The van der Waals surface area contributed by atoms with Gasteiger partial charge in [-0.3, -0.25) is 9.78 Å². The Morgan fingerprint density at radius 2 is 2.30 bits per heavy atom. The van der Waals surface area contributed by atoms with Crippen molar-refractivity contribution in [2.24, 2.45) is 0 Å². The molecule has 0 aliphatic rings. The summed E-state index contributed by atoms with van der Waals surface area (Å²) >= 11 is 0. The molecule has 0 aromatic carbocycles. The molecule has 2 N–H and O–H groups in total. The standard InChI is InChI=1S/C13H19N3O4/c1-20-8-7-16(10-12(17)18)13(19)15-6-4-11-3-2-5-14-9-11/h2-3,5,9H,4,6-8,10H2,1H3,(H,15,19)(H,17,18). The van der Waals surface area contributed by atoms with Gasteiger partial charge in [-0.25, -0.2) is 4.79 Å². The zero-order valence-corrected chi connectivity index (χ0v) is 11.4. The number of urea groups is 1. The second-order valence-electron chi connectivity index (χ2n) is 4.15. The van der Waals surface area contributed by atoms with E-state index in [-0.39, 0.29) is 13.1 Å². The van der Waals surface area contributed by atoms with Crippen molar-refractivity contribution in [1.29, 1.82) is 0 Å². The van der Waals surface area contributed by atoms with Gasteiger partial charge in [-0.05, 0) is 18.1 Å². The number of carboxylic acid groups (broad SMARTS) is 1. The summed E-state index contributed by atoms with van der Waals surface area (Å²) in [5.41, 5.74) is 1.01. The summed E-state index contributed by atoms with van der Waals surface area (Å²) in [5, 5.41) is 11.5. The molecule has 7 nitrogen and oxygen atoms in total. The maximum Gasteiger partial charge on any atom is 0.323 e. The smallest absolute Gasteiger partial charge is 0.323 e. The lowest BCUT2D eigenvalue weighted by molar-refractivity contribution is -0.137. The van der Waals surface area contributed by atoms with Gasteiger partial charge in [0.05, 0.1) is 6.61 Å². The Balaban J connectivity index is 2.38. The van der Waals surface area contributed by atoms with E-state index in [1.54, 1.807) is 12.4 Å². The number of nitrogens with one attached hydrogen (secondary N) is 1. The van der Waals surface area contributed by atoms with Crippen molar-refractivity contribution in [3.05, 3.63) is 30.1 Å². The van der Waals surface area contributed by atoms with Crippen LogP contribution in [0.3, 0.4) is 0 Å². The van der Waals surface area contributed by atoms with Gasteiger partial charge in [0.2, 0.25) is 0 Å². The van der Waals surface area contributed by atoms with E-state index in [2.05, 4.69) is 10.3 Å². The molecule has 0 atom stereocenters. The Morgan fingerprint density at radius 3 is 2.90 bits per heavy atom. The molecular formula is C13H19N3O4. The van der Waals surface area contributed by atoms with E-state index in [4.69, 9.17) is 9.84 Å². The highest BCUT2D eigenvalue weighted by molar-refractivity contribution is 5.80. The van der Waals surface area contributed by atoms with Crippen molar-refractivity contribution in [3.63, 3.8) is 0 Å². The summed E-state index contributed by atoms with van der Waals surface area (Å²) < 4.78 is 4.85. The zero-order valence-electron chi connectivity index (χ0n) is 11.4. The molecule has 110 valence electrons. The van der Waals surface area contributed by atoms with Crippen LogP contribution in [0.15, 0.2) is 24.5 Å². The van der Waals surface area contributed by atoms with Crippen LogP contribution >= 0.6 is 0 Å². The van der Waals surface area contributed by atoms with E-state index in [9.17, 15) is 9.59 Å². The molecule has 0 aliphatic carbocycles. The summed E-state index contributed by atoms with van der Waals surface area (Å²) in [4.78, 5) is 27.7. The third-order valence-corrected chi connectivity index (χ3v) is 2.59. The minimum Gasteiger partial charge on any atom is -0.480 e. The maximum absolute atomic E-state index is 11.9. The van der Waals surface area contributed by atoms with Crippen molar-refractivity contribution >= 4 is 12.0 Å². The third-order valence-electron chi connectivity index (χ3n) is 2.59. The number of nitrogens with zero attached hydrogens (tertiary/aromatic N) is 2. The number of aliphatic carboxylic acids is 1. The van der Waals surface area contributed by atoms with E-state index >= 15 is 0 Å². The molecule has 0 fully saturated rings. The third kappa shape index (κ3) is 6.14. The number of rotatable bonds is 8. The quantitative estimate of drug-likeness (QED) is 0.718. The Kier molecular flexibility index (Phi) is 7.05. The van der Waals surface area contributed by atoms with E-state index in [0.29, 0.717) is 19.6 Å². The first kappa shape index (κ1) is 15.9. The predicted octanol–water partition coefficient (Wildman–Crippen LogP) is 0.367. The van der Waals surface area contributed by atoms with Crippen LogP contribution in [-0.2, 0) is 16.0 Å². The van der Waals surface area contributed by atoms with Gasteiger partial charge < -0.3 is 20.1 Å². The zero-order chi connectivity index (χ0) is 14.8. The Labute approximate surface area is 117 Å². The number of pyridine rings is 1. The largest absolute Gasteiger partial charge is 0.480 e. The first-order valence-corrected chi connectivity index (χ1v) is 6.26.